The number of benzene rings is 1. The second kappa shape index (κ2) is 7.39. The molecule has 1 aromatic rings. The van der Waals surface area contributed by atoms with Crippen LogP contribution in [0.15, 0.2) is 18.2 Å². The van der Waals surface area contributed by atoms with Crippen molar-refractivity contribution in [3.8, 4) is 0 Å². The van der Waals surface area contributed by atoms with Crippen LogP contribution in [-0.4, -0.2) is 42.8 Å². The van der Waals surface area contributed by atoms with Crippen LogP contribution in [0.1, 0.15) is 30.0 Å². The van der Waals surface area contributed by atoms with Gasteiger partial charge in [0.25, 0.3) is 0 Å². The average molecular weight is 320 g/mol. The van der Waals surface area contributed by atoms with Gasteiger partial charge in [0.05, 0.1) is 5.56 Å². The standard InChI is InChI=1S/C15H20F4N2O/c16-12-4-1-3-11(14(12)15(17,18)19)13(5-2-10-22)21-8-6-20-7-9-21/h1,3-4,13,20,22H,2,5-10H2/t13-/m1/s1. The maximum atomic E-state index is 13.8. The van der Waals surface area contributed by atoms with E-state index < -0.39 is 23.6 Å². The Morgan fingerprint density at radius 1 is 1.23 bits per heavy atom. The first-order chi connectivity index (χ1) is 10.4. The quantitative estimate of drug-likeness (QED) is 0.819. The number of alkyl halides is 3. The zero-order chi connectivity index (χ0) is 16.2. The fourth-order valence-corrected chi connectivity index (χ4v) is 2.93. The molecule has 22 heavy (non-hydrogen) atoms. The number of nitrogens with one attached hydrogen (secondary N) is 1. The van der Waals surface area contributed by atoms with E-state index in [1.165, 1.54) is 12.1 Å². The van der Waals surface area contributed by atoms with Crippen LogP contribution in [0.25, 0.3) is 0 Å². The van der Waals surface area contributed by atoms with Crippen LogP contribution in [0.5, 0.6) is 0 Å². The van der Waals surface area contributed by atoms with Crippen LogP contribution < -0.4 is 5.32 Å². The molecular weight excluding hydrogens is 300 g/mol. The topological polar surface area (TPSA) is 35.5 Å². The zero-order valence-corrected chi connectivity index (χ0v) is 12.2. The highest BCUT2D eigenvalue weighted by atomic mass is 19.4. The van der Waals surface area contributed by atoms with Gasteiger partial charge < -0.3 is 10.4 Å². The fraction of sp³-hybridized carbons (Fsp3) is 0.600. The molecular formula is C15H20F4N2O. The van der Waals surface area contributed by atoms with E-state index in [1.54, 1.807) is 0 Å². The molecule has 7 heteroatoms. The Balaban J connectivity index is 2.40. The SMILES string of the molecule is OCCC[C@H](c1cccc(F)c1C(F)(F)F)N1CCNCC1. The molecule has 0 bridgehead atoms. The molecule has 0 saturated carbocycles. The molecule has 2 rings (SSSR count). The zero-order valence-electron chi connectivity index (χ0n) is 12.2. The van der Waals surface area contributed by atoms with Crippen LogP contribution in [0.2, 0.25) is 0 Å². The molecule has 1 atom stereocenters. The third kappa shape index (κ3) is 3.97. The Kier molecular flexibility index (Phi) is 5.77. The van der Waals surface area contributed by atoms with Crippen LogP contribution in [0, 0.1) is 5.82 Å². The summed E-state index contributed by atoms with van der Waals surface area (Å²) in [5, 5.41) is 12.2. The average Bonchev–Trinajstić information content (AvgIpc) is 2.47. The van der Waals surface area contributed by atoms with Crippen molar-refractivity contribution >= 4 is 0 Å². The van der Waals surface area contributed by atoms with E-state index in [2.05, 4.69) is 5.32 Å². The number of rotatable bonds is 5. The number of halogens is 4. The first kappa shape index (κ1) is 17.2. The van der Waals surface area contributed by atoms with Gasteiger partial charge in [-0.25, -0.2) is 4.39 Å². The van der Waals surface area contributed by atoms with E-state index in [4.69, 9.17) is 5.11 Å². The van der Waals surface area contributed by atoms with Crippen molar-refractivity contribution in [3.05, 3.63) is 35.1 Å². The van der Waals surface area contributed by atoms with Crippen molar-refractivity contribution in [2.24, 2.45) is 0 Å². The Bertz CT molecular complexity index is 487. The summed E-state index contributed by atoms with van der Waals surface area (Å²) in [6.07, 6.45) is -3.99. The van der Waals surface area contributed by atoms with Crippen molar-refractivity contribution < 1.29 is 22.7 Å². The summed E-state index contributed by atoms with van der Waals surface area (Å²) < 4.78 is 53.5. The largest absolute Gasteiger partial charge is 0.419 e. The van der Waals surface area contributed by atoms with Crippen molar-refractivity contribution in [2.45, 2.75) is 25.1 Å². The van der Waals surface area contributed by atoms with Gasteiger partial charge in [0.2, 0.25) is 0 Å². The van der Waals surface area contributed by atoms with Gasteiger partial charge in [-0.3, -0.25) is 4.90 Å². The van der Waals surface area contributed by atoms with E-state index in [9.17, 15) is 17.6 Å². The first-order valence-corrected chi connectivity index (χ1v) is 7.36. The predicted octanol–water partition coefficient (Wildman–Crippen LogP) is 2.56. The Hall–Kier alpha value is -1.18. The molecule has 0 unspecified atom stereocenters. The van der Waals surface area contributed by atoms with Gasteiger partial charge in [-0.05, 0) is 24.5 Å². The summed E-state index contributed by atoms with van der Waals surface area (Å²) in [4.78, 5) is 1.93. The van der Waals surface area contributed by atoms with Crippen LogP contribution in [0.3, 0.4) is 0 Å². The molecule has 0 amide bonds. The Morgan fingerprint density at radius 2 is 1.91 bits per heavy atom. The molecule has 1 aromatic carbocycles. The van der Waals surface area contributed by atoms with Crippen LogP contribution in [-0.2, 0) is 6.18 Å². The Morgan fingerprint density at radius 3 is 2.50 bits per heavy atom. The number of nitrogens with zero attached hydrogens (tertiary/aromatic N) is 1. The second-order valence-electron chi connectivity index (χ2n) is 5.37. The van der Waals surface area contributed by atoms with E-state index in [0.29, 0.717) is 39.0 Å². The molecule has 3 nitrogen and oxygen atoms in total. The van der Waals surface area contributed by atoms with Crippen molar-refractivity contribution in [3.63, 3.8) is 0 Å². The van der Waals surface area contributed by atoms with E-state index >= 15 is 0 Å². The summed E-state index contributed by atoms with van der Waals surface area (Å²) in [6.45, 7) is 2.48. The highest BCUT2D eigenvalue weighted by Gasteiger charge is 2.39. The summed E-state index contributed by atoms with van der Waals surface area (Å²) in [6, 6.07) is 2.96. The molecule has 124 valence electrons. The molecule has 1 aliphatic heterocycles. The highest BCUT2D eigenvalue weighted by molar-refractivity contribution is 5.34. The summed E-state index contributed by atoms with van der Waals surface area (Å²) in [5.74, 6) is -1.24. The maximum absolute atomic E-state index is 13.8. The molecule has 0 aliphatic carbocycles. The van der Waals surface area contributed by atoms with E-state index in [-0.39, 0.29) is 12.2 Å². The third-order valence-corrected chi connectivity index (χ3v) is 3.92. The molecule has 1 heterocycles. The van der Waals surface area contributed by atoms with Crippen molar-refractivity contribution in [2.75, 3.05) is 32.8 Å². The van der Waals surface area contributed by atoms with Crippen molar-refractivity contribution in [1.82, 2.24) is 10.2 Å². The minimum atomic E-state index is -4.73. The normalized spacial score (nSPS) is 18.4. The highest BCUT2D eigenvalue weighted by Crippen LogP contribution is 2.39. The second-order valence-corrected chi connectivity index (χ2v) is 5.37. The van der Waals surface area contributed by atoms with Gasteiger partial charge in [-0.2, -0.15) is 13.2 Å². The lowest BCUT2D eigenvalue weighted by Crippen LogP contribution is -2.45. The molecule has 1 aliphatic rings. The minimum Gasteiger partial charge on any atom is -0.396 e. The van der Waals surface area contributed by atoms with Crippen LogP contribution >= 0.6 is 0 Å². The summed E-state index contributed by atoms with van der Waals surface area (Å²) in [7, 11) is 0. The van der Waals surface area contributed by atoms with E-state index in [0.717, 1.165) is 6.07 Å². The number of piperazine rings is 1. The minimum absolute atomic E-state index is 0.0390. The van der Waals surface area contributed by atoms with Gasteiger partial charge >= 0.3 is 6.18 Å². The molecule has 1 saturated heterocycles. The monoisotopic (exact) mass is 320 g/mol. The fourth-order valence-electron chi connectivity index (χ4n) is 2.93. The molecule has 2 N–H and O–H groups in total. The van der Waals surface area contributed by atoms with Gasteiger partial charge in [-0.15, -0.1) is 0 Å². The summed E-state index contributed by atoms with van der Waals surface area (Å²) >= 11 is 0. The lowest BCUT2D eigenvalue weighted by molar-refractivity contribution is -0.141. The maximum Gasteiger partial charge on any atom is 0.419 e. The van der Waals surface area contributed by atoms with E-state index in [1.807, 2.05) is 4.90 Å². The van der Waals surface area contributed by atoms with Gasteiger partial charge in [-0.1, -0.05) is 12.1 Å². The van der Waals surface area contributed by atoms with Gasteiger partial charge in [0, 0.05) is 38.8 Å². The van der Waals surface area contributed by atoms with Gasteiger partial charge in [0.15, 0.2) is 0 Å². The number of hydrogen-bond donors (Lipinski definition) is 2. The number of aliphatic hydroxyl groups is 1. The summed E-state index contributed by atoms with van der Waals surface area (Å²) in [5.41, 5.74) is -1.22. The van der Waals surface area contributed by atoms with Crippen molar-refractivity contribution in [1.29, 1.82) is 0 Å². The third-order valence-electron chi connectivity index (χ3n) is 3.92. The number of hydrogen-bond acceptors (Lipinski definition) is 3. The molecule has 1 fully saturated rings. The first-order valence-electron chi connectivity index (χ1n) is 7.36. The molecule has 0 spiro atoms. The Labute approximate surface area is 126 Å². The number of aliphatic hydroxyl groups excluding tert-OH is 1. The van der Waals surface area contributed by atoms with Gasteiger partial charge in [0.1, 0.15) is 5.82 Å². The smallest absolute Gasteiger partial charge is 0.396 e. The van der Waals surface area contributed by atoms with Crippen LogP contribution in [0.4, 0.5) is 17.6 Å². The lowest BCUT2D eigenvalue weighted by atomic mass is 9.94. The predicted molar refractivity (Wildman–Crippen MR) is 74.9 cm³/mol. The molecule has 0 aromatic heterocycles. The lowest BCUT2D eigenvalue weighted by Gasteiger charge is -2.36. The molecule has 0 radical (unpaired) electrons.